The van der Waals surface area contributed by atoms with Crippen molar-refractivity contribution in [3.05, 3.63) is 59.8 Å². The molecule has 1 aromatic carbocycles. The number of imidazole rings is 2. The fourth-order valence-electron chi connectivity index (χ4n) is 3.72. The Balaban J connectivity index is 1.56. The smallest absolute Gasteiger partial charge is 0.153 e. The van der Waals surface area contributed by atoms with E-state index in [1.165, 1.54) is 5.56 Å². The van der Waals surface area contributed by atoms with Crippen LogP contribution in [0.5, 0.6) is 0 Å². The Hall–Kier alpha value is -3.22. The molecule has 0 saturated heterocycles. The Morgan fingerprint density at radius 3 is 2.81 bits per heavy atom. The minimum atomic E-state index is 0.168. The Morgan fingerprint density at radius 2 is 2.00 bits per heavy atom. The Labute approximate surface area is 157 Å². The van der Waals surface area contributed by atoms with E-state index in [4.69, 9.17) is 5.10 Å². The maximum absolute atomic E-state index is 4.89. The summed E-state index contributed by atoms with van der Waals surface area (Å²) in [7, 11) is 4.00. The summed E-state index contributed by atoms with van der Waals surface area (Å²) in [5.41, 5.74) is 6.33. The summed E-state index contributed by atoms with van der Waals surface area (Å²) in [4.78, 5) is 8.97. The Bertz CT molecular complexity index is 1170. The van der Waals surface area contributed by atoms with E-state index in [0.717, 1.165) is 34.6 Å². The number of hydrazone groups is 1. The van der Waals surface area contributed by atoms with E-state index in [1.807, 2.05) is 59.1 Å². The normalized spacial score (nSPS) is 18.0. The monoisotopic (exact) mass is 359 g/mol. The van der Waals surface area contributed by atoms with E-state index in [2.05, 4.69) is 40.2 Å². The molecule has 2 unspecified atom stereocenters. The molecule has 0 aliphatic carbocycles. The fourth-order valence-corrected chi connectivity index (χ4v) is 3.72. The Kier molecular flexibility index (Phi) is 3.50. The number of likely N-dealkylation sites (N-methyl/N-ethyl adjacent to an activating group) is 1. The number of hydrogen-bond donors (Lipinski definition) is 0. The average molecular weight is 359 g/mol. The van der Waals surface area contributed by atoms with Crippen molar-refractivity contribution in [3.8, 4) is 0 Å². The summed E-state index contributed by atoms with van der Waals surface area (Å²) >= 11 is 0. The number of nitrogens with zero attached hydrogens (tertiary/aromatic N) is 7. The summed E-state index contributed by atoms with van der Waals surface area (Å²) < 4.78 is 4.02. The molecule has 2 atom stereocenters. The maximum atomic E-state index is 4.89. The zero-order chi connectivity index (χ0) is 18.5. The van der Waals surface area contributed by atoms with Gasteiger partial charge in [-0.3, -0.25) is 5.01 Å². The van der Waals surface area contributed by atoms with Crippen molar-refractivity contribution in [1.29, 1.82) is 0 Å². The van der Waals surface area contributed by atoms with E-state index in [9.17, 15) is 0 Å². The van der Waals surface area contributed by atoms with Crippen LogP contribution in [-0.2, 0) is 7.05 Å². The maximum Gasteiger partial charge on any atom is 0.153 e. The molecule has 7 nitrogen and oxygen atoms in total. The van der Waals surface area contributed by atoms with Gasteiger partial charge in [0.25, 0.3) is 0 Å². The highest BCUT2D eigenvalue weighted by Gasteiger charge is 2.21. The molecular formula is C20H21N7. The lowest BCUT2D eigenvalue weighted by Gasteiger charge is -2.14. The van der Waals surface area contributed by atoms with E-state index in [1.54, 1.807) is 0 Å². The predicted octanol–water partition coefficient (Wildman–Crippen LogP) is 2.78. The lowest BCUT2D eigenvalue weighted by atomic mass is 9.98. The van der Waals surface area contributed by atoms with E-state index >= 15 is 0 Å². The summed E-state index contributed by atoms with van der Waals surface area (Å²) in [6.07, 6.45) is 5.74. The van der Waals surface area contributed by atoms with Crippen LogP contribution in [0.25, 0.3) is 16.7 Å². The summed E-state index contributed by atoms with van der Waals surface area (Å²) in [5, 5.41) is 11.2. The molecule has 0 bridgehead atoms. The fraction of sp³-hybridized carbons (Fsp3) is 0.300. The highest BCUT2D eigenvalue weighted by atomic mass is 15.4. The summed E-state index contributed by atoms with van der Waals surface area (Å²) in [5.74, 6) is 0.387. The minimum Gasteiger partial charge on any atom is -0.334 e. The molecule has 27 heavy (non-hydrogen) atoms. The molecule has 7 heteroatoms. The number of rotatable bonds is 3. The summed E-state index contributed by atoms with van der Waals surface area (Å²) in [6, 6.07) is 10.5. The van der Waals surface area contributed by atoms with E-state index < -0.39 is 0 Å². The van der Waals surface area contributed by atoms with Crippen LogP contribution in [0.4, 0.5) is 0 Å². The second-order valence-corrected chi connectivity index (χ2v) is 7.25. The molecule has 0 fully saturated rings. The molecule has 0 N–H and O–H groups in total. The first kappa shape index (κ1) is 16.0. The molecule has 4 heterocycles. The van der Waals surface area contributed by atoms with Crippen LogP contribution in [0.1, 0.15) is 35.7 Å². The molecule has 3 aromatic heterocycles. The van der Waals surface area contributed by atoms with Crippen molar-refractivity contribution in [2.45, 2.75) is 18.8 Å². The van der Waals surface area contributed by atoms with Crippen LogP contribution in [0.2, 0.25) is 0 Å². The minimum absolute atomic E-state index is 0.168. The molecule has 0 spiro atoms. The molecular weight excluding hydrogens is 338 g/mol. The van der Waals surface area contributed by atoms with Gasteiger partial charge in [0, 0.05) is 32.8 Å². The van der Waals surface area contributed by atoms with Gasteiger partial charge >= 0.3 is 0 Å². The quantitative estimate of drug-likeness (QED) is 0.564. The average Bonchev–Trinajstić information content (AvgIpc) is 3.39. The number of fused-ring (bicyclic) bond motifs is 2. The van der Waals surface area contributed by atoms with Gasteiger partial charge in [0.2, 0.25) is 0 Å². The van der Waals surface area contributed by atoms with Gasteiger partial charge < -0.3 is 4.57 Å². The molecule has 0 amide bonds. The van der Waals surface area contributed by atoms with Gasteiger partial charge in [0.15, 0.2) is 5.65 Å². The highest BCUT2D eigenvalue weighted by molar-refractivity contribution is 5.76. The van der Waals surface area contributed by atoms with Crippen LogP contribution in [0.3, 0.4) is 0 Å². The van der Waals surface area contributed by atoms with Crippen LogP contribution in [-0.4, -0.2) is 49.0 Å². The van der Waals surface area contributed by atoms with Gasteiger partial charge in [0.05, 0.1) is 40.9 Å². The van der Waals surface area contributed by atoms with Crippen LogP contribution in [0, 0.1) is 0 Å². The lowest BCUT2D eigenvalue weighted by Crippen LogP contribution is -2.14. The number of aromatic nitrogens is 5. The van der Waals surface area contributed by atoms with Crippen molar-refractivity contribution in [1.82, 2.24) is 29.2 Å². The molecule has 1 aliphatic heterocycles. The number of benzene rings is 1. The zero-order valence-corrected chi connectivity index (χ0v) is 15.6. The van der Waals surface area contributed by atoms with Crippen molar-refractivity contribution < 1.29 is 0 Å². The highest BCUT2D eigenvalue weighted by Crippen LogP contribution is 2.27. The van der Waals surface area contributed by atoms with Crippen molar-refractivity contribution in [2.24, 2.45) is 12.1 Å². The first-order valence-corrected chi connectivity index (χ1v) is 9.11. The molecule has 4 aromatic rings. The van der Waals surface area contributed by atoms with Crippen molar-refractivity contribution >= 4 is 22.9 Å². The third kappa shape index (κ3) is 2.58. The molecule has 5 rings (SSSR count). The third-order valence-electron chi connectivity index (χ3n) is 5.39. The van der Waals surface area contributed by atoms with Gasteiger partial charge in [-0.25, -0.2) is 14.5 Å². The van der Waals surface area contributed by atoms with Crippen molar-refractivity contribution in [3.63, 3.8) is 0 Å². The standard InChI is InChI=1S/C20H21N7/c1-13(14-4-5-17-18(8-14)25(2)12-22-17)19-10-21-20-7-6-16(24-27(19)20)15-9-23-26(3)11-15/h4-10,12-13,15H,11H2,1-3H3. The number of hydrogen-bond acceptors (Lipinski definition) is 5. The van der Waals surface area contributed by atoms with E-state index in [-0.39, 0.29) is 11.8 Å². The zero-order valence-electron chi connectivity index (χ0n) is 15.6. The SMILES string of the molecule is CC(c1ccc2ncn(C)c2c1)c1cnc2ccc(C3C=NN(C)C3)nn12. The molecule has 0 saturated carbocycles. The Morgan fingerprint density at radius 1 is 1.11 bits per heavy atom. The van der Waals surface area contributed by atoms with E-state index in [0.29, 0.717) is 0 Å². The van der Waals surface area contributed by atoms with Crippen LogP contribution < -0.4 is 0 Å². The first-order valence-electron chi connectivity index (χ1n) is 9.11. The second kappa shape index (κ2) is 5.90. The molecule has 1 aliphatic rings. The first-order chi connectivity index (χ1) is 13.1. The largest absolute Gasteiger partial charge is 0.334 e. The second-order valence-electron chi connectivity index (χ2n) is 7.25. The number of aryl methyl sites for hydroxylation is 1. The van der Waals surface area contributed by atoms with Gasteiger partial charge in [0.1, 0.15) is 0 Å². The van der Waals surface area contributed by atoms with Gasteiger partial charge in [-0.2, -0.15) is 10.2 Å². The topological polar surface area (TPSA) is 63.6 Å². The van der Waals surface area contributed by atoms with Crippen LogP contribution >= 0.6 is 0 Å². The summed E-state index contributed by atoms with van der Waals surface area (Å²) in [6.45, 7) is 3.05. The predicted molar refractivity (Wildman–Crippen MR) is 105 cm³/mol. The van der Waals surface area contributed by atoms with Crippen molar-refractivity contribution in [2.75, 3.05) is 13.6 Å². The third-order valence-corrected chi connectivity index (χ3v) is 5.39. The lowest BCUT2D eigenvalue weighted by molar-refractivity contribution is 0.379. The molecule has 0 radical (unpaired) electrons. The van der Waals surface area contributed by atoms with Crippen LogP contribution in [0.15, 0.2) is 48.0 Å². The van der Waals surface area contributed by atoms with Gasteiger partial charge in [-0.05, 0) is 29.8 Å². The van der Waals surface area contributed by atoms with Gasteiger partial charge in [-0.1, -0.05) is 13.0 Å². The molecule has 136 valence electrons. The van der Waals surface area contributed by atoms with Gasteiger partial charge in [-0.15, -0.1) is 0 Å².